The summed E-state index contributed by atoms with van der Waals surface area (Å²) in [5, 5.41) is 0. The summed E-state index contributed by atoms with van der Waals surface area (Å²) in [6, 6.07) is 10.9. The van der Waals surface area contributed by atoms with Crippen LogP contribution in [0.15, 0.2) is 54.8 Å². The quantitative estimate of drug-likeness (QED) is 0.661. The Kier molecular flexibility index (Phi) is 5.32. The van der Waals surface area contributed by atoms with Crippen molar-refractivity contribution in [2.75, 3.05) is 0 Å². The Morgan fingerprint density at radius 2 is 1.91 bits per heavy atom. The molecule has 114 valence electrons. The lowest BCUT2D eigenvalue weighted by Gasteiger charge is -2.17. The molecule has 0 saturated heterocycles. The molecule has 1 aromatic heterocycles. The van der Waals surface area contributed by atoms with E-state index >= 15 is 0 Å². The van der Waals surface area contributed by atoms with Crippen LogP contribution in [0.25, 0.3) is 5.57 Å². The molecule has 0 saturated carbocycles. The molecule has 0 atom stereocenters. The summed E-state index contributed by atoms with van der Waals surface area (Å²) < 4.78 is 0. The molecule has 0 spiro atoms. The zero-order chi connectivity index (χ0) is 16.1. The van der Waals surface area contributed by atoms with E-state index in [1.165, 1.54) is 33.4 Å². The third-order valence-corrected chi connectivity index (χ3v) is 4.17. The van der Waals surface area contributed by atoms with Crippen molar-refractivity contribution in [2.24, 2.45) is 0 Å². The van der Waals surface area contributed by atoms with Crippen molar-refractivity contribution in [3.8, 4) is 0 Å². The first-order valence-corrected chi connectivity index (χ1v) is 7.99. The zero-order valence-corrected chi connectivity index (χ0v) is 14.1. The van der Waals surface area contributed by atoms with Crippen LogP contribution in [0.2, 0.25) is 0 Å². The highest BCUT2D eigenvalue weighted by Crippen LogP contribution is 2.32. The van der Waals surface area contributed by atoms with E-state index in [1.807, 2.05) is 18.3 Å². The van der Waals surface area contributed by atoms with E-state index in [0.29, 0.717) is 0 Å². The number of aromatic nitrogens is 1. The molecular weight excluding hydrogens is 266 g/mol. The Morgan fingerprint density at radius 1 is 1.14 bits per heavy atom. The minimum absolute atomic E-state index is 0.927. The molecule has 0 aliphatic rings. The predicted molar refractivity (Wildman–Crippen MR) is 96.1 cm³/mol. The van der Waals surface area contributed by atoms with Crippen LogP contribution in [0.5, 0.6) is 0 Å². The van der Waals surface area contributed by atoms with E-state index in [0.717, 1.165) is 18.5 Å². The molecular formula is C21H25N. The first-order chi connectivity index (χ1) is 10.6. The van der Waals surface area contributed by atoms with Gasteiger partial charge in [0.15, 0.2) is 0 Å². The molecule has 1 heteroatoms. The zero-order valence-electron chi connectivity index (χ0n) is 14.1. The standard InChI is InChI=1S/C21H25N/c1-6-15(4)21(18-10-9-13-22-20(18)8-3)19-14-17(7-2)12-11-16(19)5/h6,9-14H,1,7-8H2,2-5H3/b21-15+. The number of benzene rings is 1. The number of hydrogen-bond acceptors (Lipinski definition) is 1. The molecule has 1 heterocycles. The Hall–Kier alpha value is -2.15. The molecule has 0 radical (unpaired) electrons. The van der Waals surface area contributed by atoms with Crippen molar-refractivity contribution in [1.29, 1.82) is 0 Å². The van der Waals surface area contributed by atoms with Gasteiger partial charge in [-0.3, -0.25) is 4.98 Å². The molecule has 2 aromatic rings. The van der Waals surface area contributed by atoms with Crippen molar-refractivity contribution in [1.82, 2.24) is 4.98 Å². The molecule has 0 N–H and O–H groups in total. The fourth-order valence-electron chi connectivity index (χ4n) is 2.78. The van der Waals surface area contributed by atoms with Crippen LogP contribution in [0.1, 0.15) is 48.7 Å². The van der Waals surface area contributed by atoms with E-state index in [1.54, 1.807) is 0 Å². The molecule has 22 heavy (non-hydrogen) atoms. The summed E-state index contributed by atoms with van der Waals surface area (Å²) in [4.78, 5) is 4.56. The normalized spacial score (nSPS) is 12.0. The van der Waals surface area contributed by atoms with Crippen LogP contribution >= 0.6 is 0 Å². The number of pyridine rings is 1. The van der Waals surface area contributed by atoms with Crippen LogP contribution in [0, 0.1) is 6.92 Å². The Bertz CT molecular complexity index is 708. The first-order valence-electron chi connectivity index (χ1n) is 7.99. The molecule has 0 fully saturated rings. The van der Waals surface area contributed by atoms with Gasteiger partial charge in [-0.25, -0.2) is 0 Å². The fourth-order valence-corrected chi connectivity index (χ4v) is 2.78. The molecule has 0 aliphatic heterocycles. The van der Waals surface area contributed by atoms with Crippen molar-refractivity contribution in [2.45, 2.75) is 40.5 Å². The van der Waals surface area contributed by atoms with Gasteiger partial charge in [-0.1, -0.05) is 50.8 Å². The predicted octanol–water partition coefficient (Wildman–Crippen LogP) is 5.52. The van der Waals surface area contributed by atoms with E-state index in [2.05, 4.69) is 63.5 Å². The molecule has 0 unspecified atom stereocenters. The van der Waals surface area contributed by atoms with Crippen LogP contribution in [-0.4, -0.2) is 4.98 Å². The van der Waals surface area contributed by atoms with Gasteiger partial charge in [0.05, 0.1) is 0 Å². The summed E-state index contributed by atoms with van der Waals surface area (Å²) in [5.74, 6) is 0. The molecule has 0 amide bonds. The Balaban J connectivity index is 2.76. The van der Waals surface area contributed by atoms with Crippen molar-refractivity contribution in [3.05, 3.63) is 82.7 Å². The maximum atomic E-state index is 4.56. The first kappa shape index (κ1) is 16.2. The highest BCUT2D eigenvalue weighted by Gasteiger charge is 2.14. The molecule has 0 bridgehead atoms. The largest absolute Gasteiger partial charge is 0.261 e. The van der Waals surface area contributed by atoms with Gasteiger partial charge >= 0.3 is 0 Å². The van der Waals surface area contributed by atoms with Crippen molar-refractivity contribution >= 4 is 5.57 Å². The highest BCUT2D eigenvalue weighted by atomic mass is 14.7. The lowest BCUT2D eigenvalue weighted by atomic mass is 9.88. The molecule has 0 aliphatic carbocycles. The van der Waals surface area contributed by atoms with Crippen LogP contribution in [0.4, 0.5) is 0 Å². The summed E-state index contributed by atoms with van der Waals surface area (Å²) in [5.41, 5.74) is 8.75. The second-order valence-corrected chi connectivity index (χ2v) is 5.62. The van der Waals surface area contributed by atoms with E-state index in [-0.39, 0.29) is 0 Å². The summed E-state index contributed by atoms with van der Waals surface area (Å²) in [7, 11) is 0. The Labute approximate surface area is 134 Å². The number of hydrogen-bond donors (Lipinski definition) is 0. The van der Waals surface area contributed by atoms with Crippen LogP contribution < -0.4 is 0 Å². The SMILES string of the molecule is C=C/C(C)=C(/c1cc(CC)ccc1C)c1cccnc1CC. The van der Waals surface area contributed by atoms with Crippen LogP contribution in [-0.2, 0) is 12.8 Å². The molecule has 2 rings (SSSR count). The van der Waals surface area contributed by atoms with Gasteiger partial charge in [0.25, 0.3) is 0 Å². The van der Waals surface area contributed by atoms with Crippen molar-refractivity contribution in [3.63, 3.8) is 0 Å². The maximum absolute atomic E-state index is 4.56. The lowest BCUT2D eigenvalue weighted by molar-refractivity contribution is 1.02. The van der Waals surface area contributed by atoms with E-state index < -0.39 is 0 Å². The van der Waals surface area contributed by atoms with Gasteiger partial charge in [-0.15, -0.1) is 0 Å². The smallest absolute Gasteiger partial charge is 0.0479 e. The summed E-state index contributed by atoms with van der Waals surface area (Å²) >= 11 is 0. The third-order valence-electron chi connectivity index (χ3n) is 4.17. The third kappa shape index (κ3) is 3.19. The van der Waals surface area contributed by atoms with E-state index in [9.17, 15) is 0 Å². The maximum Gasteiger partial charge on any atom is 0.0479 e. The highest BCUT2D eigenvalue weighted by molar-refractivity contribution is 5.85. The van der Waals surface area contributed by atoms with Gasteiger partial charge in [0.2, 0.25) is 0 Å². The van der Waals surface area contributed by atoms with E-state index in [4.69, 9.17) is 0 Å². The monoisotopic (exact) mass is 291 g/mol. The second kappa shape index (κ2) is 7.22. The van der Waals surface area contributed by atoms with Gasteiger partial charge in [0, 0.05) is 17.5 Å². The van der Waals surface area contributed by atoms with Gasteiger partial charge in [-0.2, -0.15) is 0 Å². The minimum Gasteiger partial charge on any atom is -0.261 e. The van der Waals surface area contributed by atoms with Crippen molar-refractivity contribution < 1.29 is 0 Å². The topological polar surface area (TPSA) is 12.9 Å². The average molecular weight is 291 g/mol. The van der Waals surface area contributed by atoms with Crippen LogP contribution in [0.3, 0.4) is 0 Å². The summed E-state index contributed by atoms with van der Waals surface area (Å²) in [6.07, 6.45) is 5.79. The second-order valence-electron chi connectivity index (χ2n) is 5.62. The Morgan fingerprint density at radius 3 is 2.55 bits per heavy atom. The van der Waals surface area contributed by atoms with Gasteiger partial charge in [-0.05, 0) is 60.6 Å². The average Bonchev–Trinajstić information content (AvgIpc) is 2.57. The fraction of sp³-hybridized carbons (Fsp3) is 0.286. The molecule has 1 aromatic carbocycles. The number of allylic oxidation sites excluding steroid dienone is 2. The lowest BCUT2D eigenvalue weighted by Crippen LogP contribution is -2.01. The van der Waals surface area contributed by atoms with Gasteiger partial charge in [0.1, 0.15) is 0 Å². The number of aryl methyl sites for hydroxylation is 3. The van der Waals surface area contributed by atoms with Gasteiger partial charge < -0.3 is 0 Å². The number of rotatable bonds is 5. The summed E-state index contributed by atoms with van der Waals surface area (Å²) in [6.45, 7) is 12.6. The minimum atomic E-state index is 0.927. The molecule has 1 nitrogen and oxygen atoms in total. The number of nitrogens with zero attached hydrogens (tertiary/aromatic N) is 1.